The molecule has 4 nitrogen and oxygen atoms in total. The van der Waals surface area contributed by atoms with Crippen molar-refractivity contribution in [3.63, 3.8) is 0 Å². The third-order valence-corrected chi connectivity index (χ3v) is 5.54. The molecule has 2 N–H and O–H groups in total. The first-order chi connectivity index (χ1) is 13.0. The zero-order valence-electron chi connectivity index (χ0n) is 15.4. The Labute approximate surface area is 163 Å². The molecule has 5 heteroatoms. The summed E-state index contributed by atoms with van der Waals surface area (Å²) in [5.74, 6) is -0.116. The molecule has 1 atom stereocenters. The fraction of sp³-hybridized carbons (Fsp3) is 0.182. The van der Waals surface area contributed by atoms with Crippen LogP contribution in [0.25, 0.3) is 0 Å². The van der Waals surface area contributed by atoms with Crippen molar-refractivity contribution >= 4 is 17.7 Å². The molecule has 1 unspecified atom stereocenters. The van der Waals surface area contributed by atoms with Gasteiger partial charge in [0, 0.05) is 22.7 Å². The average molecular weight is 378 g/mol. The molecule has 0 spiro atoms. The van der Waals surface area contributed by atoms with Crippen LogP contribution >= 0.6 is 11.8 Å². The van der Waals surface area contributed by atoms with Crippen LogP contribution in [0.15, 0.2) is 76.4 Å². The summed E-state index contributed by atoms with van der Waals surface area (Å²) in [5.41, 5.74) is 3.06. The summed E-state index contributed by atoms with van der Waals surface area (Å²) in [4.78, 5) is 29.0. The maximum Gasteiger partial charge on any atom is 0.253 e. The standard InChI is InChI=1S/C22H22N2O2S/c1-15-13-16(2)24-21(25)19(15)14-23-22(26)20(17-9-5-3-6-10-17)27-18-11-7-4-8-12-18/h3-13,20H,14H2,1-2H3,(H,23,26)(H,24,25). The molecule has 0 fully saturated rings. The lowest BCUT2D eigenvalue weighted by Crippen LogP contribution is -2.30. The Kier molecular flexibility index (Phi) is 6.14. The molecule has 0 saturated heterocycles. The molecular formula is C22H22N2O2S. The molecule has 27 heavy (non-hydrogen) atoms. The molecule has 0 bridgehead atoms. The third kappa shape index (κ3) is 4.89. The molecule has 0 saturated carbocycles. The van der Waals surface area contributed by atoms with Gasteiger partial charge in [0.1, 0.15) is 5.25 Å². The number of carbonyl (C=O) groups is 1. The van der Waals surface area contributed by atoms with Crippen LogP contribution in [0.1, 0.15) is 27.6 Å². The third-order valence-electron chi connectivity index (χ3n) is 4.27. The second-order valence-corrected chi connectivity index (χ2v) is 7.56. The van der Waals surface area contributed by atoms with Gasteiger partial charge in [-0.1, -0.05) is 48.5 Å². The number of rotatable bonds is 6. The number of hydrogen-bond acceptors (Lipinski definition) is 3. The number of aromatic nitrogens is 1. The molecule has 1 amide bonds. The van der Waals surface area contributed by atoms with Crippen molar-refractivity contribution in [3.05, 3.63) is 99.5 Å². The fourth-order valence-electron chi connectivity index (χ4n) is 2.91. The molecule has 1 heterocycles. The van der Waals surface area contributed by atoms with Gasteiger partial charge in [0.2, 0.25) is 5.91 Å². The second-order valence-electron chi connectivity index (χ2n) is 6.38. The molecular weight excluding hydrogens is 356 g/mol. The molecule has 0 aliphatic carbocycles. The molecule has 0 aliphatic heterocycles. The number of H-pyrrole nitrogens is 1. The molecule has 1 aromatic heterocycles. The van der Waals surface area contributed by atoms with Gasteiger partial charge in [-0.3, -0.25) is 9.59 Å². The van der Waals surface area contributed by atoms with E-state index in [0.717, 1.165) is 21.7 Å². The van der Waals surface area contributed by atoms with Gasteiger partial charge in [0.15, 0.2) is 0 Å². The molecule has 2 aromatic carbocycles. The number of nitrogens with one attached hydrogen (secondary N) is 2. The summed E-state index contributed by atoms with van der Waals surface area (Å²) >= 11 is 1.50. The van der Waals surface area contributed by atoms with E-state index < -0.39 is 5.25 Å². The van der Waals surface area contributed by atoms with Gasteiger partial charge in [0.05, 0.1) is 0 Å². The van der Waals surface area contributed by atoms with Gasteiger partial charge in [-0.2, -0.15) is 0 Å². The zero-order chi connectivity index (χ0) is 19.2. The lowest BCUT2D eigenvalue weighted by Gasteiger charge is -2.17. The lowest BCUT2D eigenvalue weighted by atomic mass is 10.1. The van der Waals surface area contributed by atoms with E-state index >= 15 is 0 Å². The SMILES string of the molecule is Cc1cc(C)c(CNC(=O)C(Sc2ccccc2)c2ccccc2)c(=O)[nH]1. The van der Waals surface area contributed by atoms with Crippen LogP contribution in [0.3, 0.4) is 0 Å². The summed E-state index contributed by atoms with van der Waals surface area (Å²) in [6.07, 6.45) is 0. The molecule has 0 radical (unpaired) electrons. The first-order valence-electron chi connectivity index (χ1n) is 8.78. The maximum atomic E-state index is 13.0. The quantitative estimate of drug-likeness (QED) is 0.634. The second kappa shape index (κ2) is 8.73. The molecule has 0 aliphatic rings. The summed E-state index contributed by atoms with van der Waals surface area (Å²) < 4.78 is 0. The van der Waals surface area contributed by atoms with E-state index in [4.69, 9.17) is 0 Å². The van der Waals surface area contributed by atoms with E-state index in [9.17, 15) is 9.59 Å². The highest BCUT2D eigenvalue weighted by Gasteiger charge is 2.22. The van der Waals surface area contributed by atoms with Gasteiger partial charge in [-0.15, -0.1) is 11.8 Å². The van der Waals surface area contributed by atoms with Crippen molar-refractivity contribution in [2.24, 2.45) is 0 Å². The number of pyridine rings is 1. The number of thioether (sulfide) groups is 1. The van der Waals surface area contributed by atoms with Crippen LogP contribution in [-0.4, -0.2) is 10.9 Å². The molecule has 3 aromatic rings. The number of aromatic amines is 1. The van der Waals surface area contributed by atoms with Gasteiger partial charge in [-0.05, 0) is 43.2 Å². The van der Waals surface area contributed by atoms with Crippen LogP contribution in [0.4, 0.5) is 0 Å². The Bertz CT molecular complexity index is 969. The highest BCUT2D eigenvalue weighted by molar-refractivity contribution is 8.00. The molecule has 3 rings (SSSR count). The predicted molar refractivity (Wildman–Crippen MR) is 110 cm³/mol. The number of aryl methyl sites for hydroxylation is 2. The molecule has 138 valence electrons. The number of carbonyl (C=O) groups excluding carboxylic acids is 1. The first kappa shape index (κ1) is 19.0. The summed E-state index contributed by atoms with van der Waals surface area (Å²) in [6.45, 7) is 3.94. The predicted octanol–water partition coefficient (Wildman–Crippen LogP) is 4.14. The highest BCUT2D eigenvalue weighted by atomic mass is 32.2. The minimum Gasteiger partial charge on any atom is -0.351 e. The zero-order valence-corrected chi connectivity index (χ0v) is 16.2. The fourth-order valence-corrected chi connectivity index (χ4v) is 3.98. The number of hydrogen-bond donors (Lipinski definition) is 2. The van der Waals surface area contributed by atoms with E-state index in [2.05, 4.69) is 10.3 Å². The van der Waals surface area contributed by atoms with E-state index in [1.165, 1.54) is 11.8 Å². The minimum atomic E-state index is -0.390. The van der Waals surface area contributed by atoms with Gasteiger partial charge < -0.3 is 10.3 Å². The number of benzene rings is 2. The van der Waals surface area contributed by atoms with Crippen LogP contribution in [-0.2, 0) is 11.3 Å². The highest BCUT2D eigenvalue weighted by Crippen LogP contribution is 2.35. The van der Waals surface area contributed by atoms with E-state index in [1.54, 1.807) is 0 Å². The van der Waals surface area contributed by atoms with E-state index in [-0.39, 0.29) is 18.0 Å². The van der Waals surface area contributed by atoms with Crippen molar-refractivity contribution in [1.29, 1.82) is 0 Å². The Morgan fingerprint density at radius 3 is 2.30 bits per heavy atom. The van der Waals surface area contributed by atoms with Gasteiger partial charge in [0.25, 0.3) is 5.56 Å². The summed E-state index contributed by atoms with van der Waals surface area (Å²) in [5, 5.41) is 2.55. The summed E-state index contributed by atoms with van der Waals surface area (Å²) in [6, 6.07) is 21.4. The van der Waals surface area contributed by atoms with Crippen LogP contribution < -0.4 is 10.9 Å². The Balaban J connectivity index is 1.80. The average Bonchev–Trinajstić information content (AvgIpc) is 2.66. The lowest BCUT2D eigenvalue weighted by molar-refractivity contribution is -0.120. The van der Waals surface area contributed by atoms with E-state index in [0.29, 0.717) is 5.56 Å². The Morgan fingerprint density at radius 1 is 1.04 bits per heavy atom. The minimum absolute atomic E-state index is 0.116. The van der Waals surface area contributed by atoms with Crippen molar-refractivity contribution in [3.8, 4) is 0 Å². The van der Waals surface area contributed by atoms with Gasteiger partial charge >= 0.3 is 0 Å². The topological polar surface area (TPSA) is 62.0 Å². The first-order valence-corrected chi connectivity index (χ1v) is 9.66. The number of amides is 1. The van der Waals surface area contributed by atoms with E-state index in [1.807, 2.05) is 80.6 Å². The van der Waals surface area contributed by atoms with Crippen molar-refractivity contribution in [1.82, 2.24) is 10.3 Å². The van der Waals surface area contributed by atoms with Crippen LogP contribution in [0.2, 0.25) is 0 Å². The van der Waals surface area contributed by atoms with Gasteiger partial charge in [-0.25, -0.2) is 0 Å². The summed E-state index contributed by atoms with van der Waals surface area (Å²) in [7, 11) is 0. The Hall–Kier alpha value is -2.79. The normalized spacial score (nSPS) is 11.8. The van der Waals surface area contributed by atoms with Crippen molar-refractivity contribution < 1.29 is 4.79 Å². The van der Waals surface area contributed by atoms with Crippen LogP contribution in [0.5, 0.6) is 0 Å². The monoisotopic (exact) mass is 378 g/mol. The van der Waals surface area contributed by atoms with Crippen LogP contribution in [0, 0.1) is 13.8 Å². The largest absolute Gasteiger partial charge is 0.351 e. The maximum absolute atomic E-state index is 13.0. The van der Waals surface area contributed by atoms with Crippen molar-refractivity contribution in [2.45, 2.75) is 30.5 Å². The smallest absolute Gasteiger partial charge is 0.253 e. The van der Waals surface area contributed by atoms with Crippen molar-refractivity contribution in [2.75, 3.05) is 0 Å². The Morgan fingerprint density at radius 2 is 1.67 bits per heavy atom.